The van der Waals surface area contributed by atoms with E-state index in [-0.39, 0.29) is 5.91 Å². The quantitative estimate of drug-likeness (QED) is 0.743. The molecule has 1 aliphatic rings. The second-order valence-corrected chi connectivity index (χ2v) is 6.41. The van der Waals surface area contributed by atoms with Crippen LogP contribution in [0, 0.1) is 0 Å². The molecule has 0 radical (unpaired) electrons. The van der Waals surface area contributed by atoms with Gasteiger partial charge in [-0.1, -0.05) is 6.42 Å². The highest BCUT2D eigenvalue weighted by molar-refractivity contribution is 5.95. The predicted molar refractivity (Wildman–Crippen MR) is 98.9 cm³/mol. The summed E-state index contributed by atoms with van der Waals surface area (Å²) in [7, 11) is 0. The summed E-state index contributed by atoms with van der Waals surface area (Å²) in [5.74, 6) is -0.0885. The number of nitrogens with zero attached hydrogens (tertiary/aromatic N) is 1. The Balaban J connectivity index is 1.70. The molecule has 25 heavy (non-hydrogen) atoms. The van der Waals surface area contributed by atoms with Crippen molar-refractivity contribution in [2.45, 2.75) is 45.6 Å². The minimum absolute atomic E-state index is 0.0885. The Kier molecular flexibility index (Phi) is 7.73. The lowest BCUT2D eigenvalue weighted by atomic mass is 10.0. The van der Waals surface area contributed by atoms with Crippen LogP contribution >= 0.6 is 0 Å². The van der Waals surface area contributed by atoms with Crippen molar-refractivity contribution in [2.24, 2.45) is 0 Å². The highest BCUT2D eigenvalue weighted by atomic mass is 16.5. The van der Waals surface area contributed by atoms with Gasteiger partial charge in [0.2, 0.25) is 0 Å². The number of rotatable bonds is 7. The molecule has 0 bridgehead atoms. The first-order valence-corrected chi connectivity index (χ1v) is 9.16. The van der Waals surface area contributed by atoms with E-state index in [0.717, 1.165) is 13.0 Å². The molecule has 1 aromatic carbocycles. The summed E-state index contributed by atoms with van der Waals surface area (Å²) in [5.41, 5.74) is 1.19. The van der Waals surface area contributed by atoms with Gasteiger partial charge in [0, 0.05) is 30.4 Å². The second kappa shape index (κ2) is 10.0. The molecule has 1 aliphatic heterocycles. The van der Waals surface area contributed by atoms with Gasteiger partial charge < -0.3 is 15.0 Å². The fraction of sp³-hybridized carbons (Fsp3) is 0.579. The van der Waals surface area contributed by atoms with Gasteiger partial charge in [-0.05, 0) is 63.9 Å². The number of ether oxygens (including phenoxy) is 1. The molecular weight excluding hydrogens is 318 g/mol. The standard InChI is InChI=1S/C19H29N3O3/c1-3-25-19(24)21-17-10-8-16(9-11-17)18(23)20-12-6-14-22-13-5-4-7-15(22)2/h8-11,15H,3-7,12-14H2,1-2H3,(H,20,23)(H,21,24)/t15-/m1/s1. The van der Waals surface area contributed by atoms with Gasteiger partial charge in [0.1, 0.15) is 0 Å². The molecule has 0 saturated carbocycles. The molecule has 2 N–H and O–H groups in total. The third-order valence-corrected chi connectivity index (χ3v) is 4.52. The smallest absolute Gasteiger partial charge is 0.411 e. The Morgan fingerprint density at radius 1 is 1.24 bits per heavy atom. The molecule has 0 unspecified atom stereocenters. The summed E-state index contributed by atoms with van der Waals surface area (Å²) >= 11 is 0. The third-order valence-electron chi connectivity index (χ3n) is 4.52. The van der Waals surface area contributed by atoms with E-state index in [1.54, 1.807) is 31.2 Å². The van der Waals surface area contributed by atoms with Crippen LogP contribution in [-0.4, -0.2) is 49.2 Å². The lowest BCUT2D eigenvalue weighted by molar-refractivity contribution is 0.0949. The Hall–Kier alpha value is -2.08. The Bertz CT molecular complexity index is 560. The number of benzene rings is 1. The van der Waals surface area contributed by atoms with E-state index in [0.29, 0.717) is 30.4 Å². The number of carbonyl (C=O) groups is 2. The van der Waals surface area contributed by atoms with Gasteiger partial charge in [0.15, 0.2) is 0 Å². The monoisotopic (exact) mass is 347 g/mol. The summed E-state index contributed by atoms with van der Waals surface area (Å²) in [5, 5.41) is 5.56. The van der Waals surface area contributed by atoms with Crippen LogP contribution < -0.4 is 10.6 Å². The number of carbonyl (C=O) groups excluding carboxylic acids is 2. The second-order valence-electron chi connectivity index (χ2n) is 6.41. The first-order valence-electron chi connectivity index (χ1n) is 9.16. The molecule has 1 saturated heterocycles. The number of amides is 2. The van der Waals surface area contributed by atoms with Crippen molar-refractivity contribution in [3.63, 3.8) is 0 Å². The molecule has 1 heterocycles. The average Bonchev–Trinajstić information content (AvgIpc) is 2.61. The van der Waals surface area contributed by atoms with Crippen LogP contribution in [-0.2, 0) is 4.74 Å². The number of nitrogens with one attached hydrogen (secondary N) is 2. The van der Waals surface area contributed by atoms with Crippen LogP contribution in [0.1, 0.15) is 49.9 Å². The Morgan fingerprint density at radius 3 is 2.68 bits per heavy atom. The highest BCUT2D eigenvalue weighted by Gasteiger charge is 2.17. The SMILES string of the molecule is CCOC(=O)Nc1ccc(C(=O)NCCCN2CCCC[C@H]2C)cc1. The van der Waals surface area contributed by atoms with Crippen LogP contribution in [0.5, 0.6) is 0 Å². The average molecular weight is 347 g/mol. The maximum absolute atomic E-state index is 12.2. The molecule has 6 nitrogen and oxygen atoms in total. The molecule has 1 atom stereocenters. The number of likely N-dealkylation sites (tertiary alicyclic amines) is 1. The molecule has 1 fully saturated rings. The maximum Gasteiger partial charge on any atom is 0.411 e. The van der Waals surface area contributed by atoms with Gasteiger partial charge in [-0.2, -0.15) is 0 Å². The normalized spacial score (nSPS) is 17.8. The molecule has 0 spiro atoms. The number of hydrogen-bond acceptors (Lipinski definition) is 4. The van der Waals surface area contributed by atoms with Crippen LogP contribution in [0.2, 0.25) is 0 Å². The minimum atomic E-state index is -0.494. The summed E-state index contributed by atoms with van der Waals surface area (Å²) in [6, 6.07) is 7.44. The summed E-state index contributed by atoms with van der Waals surface area (Å²) in [6.07, 6.45) is 4.35. The molecular formula is C19H29N3O3. The zero-order chi connectivity index (χ0) is 18.1. The fourth-order valence-corrected chi connectivity index (χ4v) is 3.07. The van der Waals surface area contributed by atoms with E-state index in [2.05, 4.69) is 22.5 Å². The lowest BCUT2D eigenvalue weighted by Crippen LogP contribution is -2.39. The van der Waals surface area contributed by atoms with Crippen molar-refractivity contribution in [3.05, 3.63) is 29.8 Å². The Morgan fingerprint density at radius 2 is 2.00 bits per heavy atom. The number of anilines is 1. The third kappa shape index (κ3) is 6.38. The molecule has 2 rings (SSSR count). The Labute approximate surface area is 149 Å². The fourth-order valence-electron chi connectivity index (χ4n) is 3.07. The first kappa shape index (κ1) is 19.2. The predicted octanol–water partition coefficient (Wildman–Crippen LogP) is 3.25. The topological polar surface area (TPSA) is 70.7 Å². The van der Waals surface area contributed by atoms with Crippen molar-refractivity contribution in [1.82, 2.24) is 10.2 Å². The first-order chi connectivity index (χ1) is 12.1. The molecule has 0 aromatic heterocycles. The van der Waals surface area contributed by atoms with Crippen molar-refractivity contribution in [1.29, 1.82) is 0 Å². The van der Waals surface area contributed by atoms with Gasteiger partial charge in [-0.3, -0.25) is 10.1 Å². The molecule has 0 aliphatic carbocycles. The van der Waals surface area contributed by atoms with Crippen LogP contribution in [0.15, 0.2) is 24.3 Å². The molecule has 138 valence electrons. The van der Waals surface area contributed by atoms with E-state index in [9.17, 15) is 9.59 Å². The highest BCUT2D eigenvalue weighted by Crippen LogP contribution is 2.16. The lowest BCUT2D eigenvalue weighted by Gasteiger charge is -2.33. The van der Waals surface area contributed by atoms with E-state index >= 15 is 0 Å². The minimum Gasteiger partial charge on any atom is -0.450 e. The summed E-state index contributed by atoms with van der Waals surface area (Å²) in [4.78, 5) is 26.0. The zero-order valence-corrected chi connectivity index (χ0v) is 15.2. The molecule has 6 heteroatoms. The van der Waals surface area contributed by atoms with Crippen LogP contribution in [0.4, 0.5) is 10.5 Å². The number of hydrogen-bond donors (Lipinski definition) is 2. The van der Waals surface area contributed by atoms with Crippen molar-refractivity contribution < 1.29 is 14.3 Å². The van der Waals surface area contributed by atoms with Crippen LogP contribution in [0.25, 0.3) is 0 Å². The molecule has 2 amide bonds. The number of piperidine rings is 1. The van der Waals surface area contributed by atoms with Gasteiger partial charge >= 0.3 is 6.09 Å². The van der Waals surface area contributed by atoms with Crippen LogP contribution in [0.3, 0.4) is 0 Å². The van der Waals surface area contributed by atoms with E-state index in [1.807, 2.05) is 0 Å². The van der Waals surface area contributed by atoms with Gasteiger partial charge in [0.05, 0.1) is 6.61 Å². The van der Waals surface area contributed by atoms with Crippen molar-refractivity contribution in [2.75, 3.05) is 31.6 Å². The largest absolute Gasteiger partial charge is 0.450 e. The maximum atomic E-state index is 12.2. The van der Waals surface area contributed by atoms with Gasteiger partial charge in [0.25, 0.3) is 5.91 Å². The van der Waals surface area contributed by atoms with E-state index in [4.69, 9.17) is 4.74 Å². The summed E-state index contributed by atoms with van der Waals surface area (Å²) in [6.45, 7) is 7.23. The van der Waals surface area contributed by atoms with E-state index < -0.39 is 6.09 Å². The molecule has 1 aromatic rings. The van der Waals surface area contributed by atoms with E-state index in [1.165, 1.54) is 25.8 Å². The van der Waals surface area contributed by atoms with Gasteiger partial charge in [-0.15, -0.1) is 0 Å². The van der Waals surface area contributed by atoms with Gasteiger partial charge in [-0.25, -0.2) is 4.79 Å². The zero-order valence-electron chi connectivity index (χ0n) is 15.2. The summed E-state index contributed by atoms with van der Waals surface area (Å²) < 4.78 is 4.81. The van der Waals surface area contributed by atoms with Crippen molar-refractivity contribution in [3.8, 4) is 0 Å². The van der Waals surface area contributed by atoms with Crippen molar-refractivity contribution >= 4 is 17.7 Å².